The molecule has 0 aromatic heterocycles. The first-order valence-electron chi connectivity index (χ1n) is 8.20. The number of alkyl halides is 1. The van der Waals surface area contributed by atoms with Crippen LogP contribution in [0.25, 0.3) is 10.4 Å². The van der Waals surface area contributed by atoms with Gasteiger partial charge in [0, 0.05) is 11.1 Å². The van der Waals surface area contributed by atoms with Gasteiger partial charge in [-0.3, -0.25) is 4.52 Å². The molecule has 0 aromatic rings. The van der Waals surface area contributed by atoms with Gasteiger partial charge in [-0.05, 0) is 18.5 Å². The Labute approximate surface area is 182 Å². The number of rotatable bonds is 9. The fraction of sp³-hybridized carbons (Fsp3) is 0.700. The first kappa shape index (κ1) is 27.8. The van der Waals surface area contributed by atoms with Crippen molar-refractivity contribution in [2.45, 2.75) is 37.0 Å². The lowest BCUT2D eigenvalue weighted by Gasteiger charge is -2.37. The third-order valence-corrected chi connectivity index (χ3v) is 7.87. The van der Waals surface area contributed by atoms with E-state index in [4.69, 9.17) is 30.7 Å². The van der Waals surface area contributed by atoms with Crippen molar-refractivity contribution in [1.82, 2.24) is 4.90 Å². The summed E-state index contributed by atoms with van der Waals surface area (Å²) in [5.74, 6) is -3.61. The fourth-order valence-corrected chi connectivity index (χ4v) is 5.81. The third kappa shape index (κ3) is 6.57. The van der Waals surface area contributed by atoms with Gasteiger partial charge in [0.15, 0.2) is 6.23 Å². The first-order valence-corrected chi connectivity index (χ1v) is 12.7. The van der Waals surface area contributed by atoms with Crippen molar-refractivity contribution in [3.63, 3.8) is 0 Å². The Bertz CT molecular complexity index is 1030. The Morgan fingerprint density at radius 2 is 1.91 bits per heavy atom. The van der Waals surface area contributed by atoms with Gasteiger partial charge in [0.05, 0.1) is 0 Å². The number of nitrogens with two attached hydrogens (primary N) is 1. The molecule has 0 aliphatic carbocycles. The fourth-order valence-electron chi connectivity index (χ4n) is 2.77. The Morgan fingerprint density at radius 1 is 1.30 bits per heavy atom. The van der Waals surface area contributed by atoms with Gasteiger partial charge in [-0.15, -0.1) is 0 Å². The molecule has 2 rings (SSSR count). The van der Waals surface area contributed by atoms with Gasteiger partial charge in [-0.2, -0.15) is 8.62 Å². The second-order valence-corrected chi connectivity index (χ2v) is 11.0. The van der Waals surface area contributed by atoms with E-state index in [-0.39, 0.29) is 5.84 Å². The number of aliphatic hydroxyl groups is 2. The SMILES string of the molecule is C[C@]1(N=[N+]=[N-])[C@H](N2C=CC(N)=NC2O)O[C@](F)(COP(=O)(O)OP(=O)(O)OP(=O)(O)O)[C@H]1O. The zero-order chi connectivity index (χ0) is 25.5. The third-order valence-electron chi connectivity index (χ3n) is 4.09. The quantitative estimate of drug-likeness (QED) is 0.0815. The van der Waals surface area contributed by atoms with Gasteiger partial charge in [0.2, 0.25) is 6.35 Å². The monoisotopic (exact) mass is 542 g/mol. The van der Waals surface area contributed by atoms with Gasteiger partial charge in [-0.25, -0.2) is 23.1 Å². The maximum absolute atomic E-state index is 15.4. The molecule has 3 unspecified atom stereocenters. The van der Waals surface area contributed by atoms with Crippen molar-refractivity contribution >= 4 is 29.3 Å². The van der Waals surface area contributed by atoms with E-state index in [1.54, 1.807) is 0 Å². The molecule has 2 aliphatic heterocycles. The number of ether oxygens (including phenoxy) is 1. The molecule has 7 atom stereocenters. The predicted molar refractivity (Wildman–Crippen MR) is 101 cm³/mol. The molecule has 8 N–H and O–H groups in total. The molecule has 1 saturated heterocycles. The van der Waals surface area contributed by atoms with E-state index in [9.17, 15) is 28.8 Å². The van der Waals surface area contributed by atoms with Crippen molar-refractivity contribution in [3.05, 3.63) is 22.7 Å². The van der Waals surface area contributed by atoms with E-state index in [2.05, 4.69) is 28.2 Å². The van der Waals surface area contributed by atoms with Crippen LogP contribution >= 0.6 is 23.5 Å². The second-order valence-electron chi connectivity index (χ2n) is 6.60. The maximum atomic E-state index is 15.4. The highest BCUT2D eigenvalue weighted by Crippen LogP contribution is 2.66. The van der Waals surface area contributed by atoms with Crippen LogP contribution in [-0.2, 0) is 31.6 Å². The molecule has 2 heterocycles. The number of nitrogens with zero attached hydrogens (tertiary/aromatic N) is 5. The summed E-state index contributed by atoms with van der Waals surface area (Å²) in [5.41, 5.74) is 12.0. The molecule has 0 bridgehead atoms. The molecule has 2 aliphatic rings. The molecule has 23 heteroatoms. The van der Waals surface area contributed by atoms with E-state index in [0.29, 0.717) is 0 Å². The molecule has 0 aromatic carbocycles. The van der Waals surface area contributed by atoms with Crippen LogP contribution in [0.5, 0.6) is 0 Å². The first-order chi connectivity index (χ1) is 14.8. The van der Waals surface area contributed by atoms with Crippen LogP contribution in [0.2, 0.25) is 0 Å². The molecule has 33 heavy (non-hydrogen) atoms. The van der Waals surface area contributed by atoms with Gasteiger partial charge in [0.25, 0.3) is 5.85 Å². The standard InChI is InChI=1S/C10H18FN6O13P3/c1-9(15-16-13)6(18)10(11,28-7(9)17-3-2-5(12)14-8(17)19)4-27-32(23,24)30-33(25,26)29-31(20,21)22/h2-3,6-8,18-19H,4H2,1H3,(H2,12,14)(H,23,24)(H,25,26)(H2,20,21,22)/t6-,7+,8?,9+,10+/m0/s1. The zero-order valence-electron chi connectivity index (χ0n) is 16.2. The molecular formula is C10H18FN6O13P3. The lowest BCUT2D eigenvalue weighted by Crippen LogP contribution is -2.54. The van der Waals surface area contributed by atoms with Gasteiger partial charge in [-0.1, -0.05) is 5.11 Å². The van der Waals surface area contributed by atoms with Crippen LogP contribution in [0.1, 0.15) is 6.92 Å². The number of hydrogen-bond acceptors (Lipinski definition) is 13. The van der Waals surface area contributed by atoms with Crippen molar-refractivity contribution in [2.24, 2.45) is 15.8 Å². The van der Waals surface area contributed by atoms with E-state index >= 15 is 4.39 Å². The second kappa shape index (κ2) is 9.30. The van der Waals surface area contributed by atoms with Crippen molar-refractivity contribution in [1.29, 1.82) is 0 Å². The number of azide groups is 1. The molecular weight excluding hydrogens is 524 g/mol. The Hall–Kier alpha value is -1.46. The number of aliphatic imine (C=N–C) groups is 1. The van der Waals surface area contributed by atoms with E-state index < -0.39 is 60.2 Å². The molecule has 19 nitrogen and oxygen atoms in total. The van der Waals surface area contributed by atoms with Crippen molar-refractivity contribution in [3.8, 4) is 0 Å². The normalized spacial score (nSPS) is 35.9. The molecule has 0 amide bonds. The number of hydrogen-bond donors (Lipinski definition) is 7. The molecule has 188 valence electrons. The average molecular weight is 542 g/mol. The summed E-state index contributed by atoms with van der Waals surface area (Å²) < 4.78 is 65.4. The van der Waals surface area contributed by atoms with Crippen LogP contribution in [-0.4, -0.2) is 77.2 Å². The lowest BCUT2D eigenvalue weighted by atomic mass is 9.91. The topological polar surface area (TPSA) is 300 Å². The van der Waals surface area contributed by atoms with Crippen LogP contribution in [0, 0.1) is 0 Å². The summed E-state index contributed by atoms with van der Waals surface area (Å²) >= 11 is 0. The Morgan fingerprint density at radius 3 is 2.42 bits per heavy atom. The van der Waals surface area contributed by atoms with E-state index in [1.807, 2.05) is 0 Å². The van der Waals surface area contributed by atoms with Crippen LogP contribution in [0.3, 0.4) is 0 Å². The van der Waals surface area contributed by atoms with E-state index in [0.717, 1.165) is 24.1 Å². The molecule has 0 radical (unpaired) electrons. The Kier molecular flexibility index (Phi) is 7.83. The summed E-state index contributed by atoms with van der Waals surface area (Å²) in [4.78, 5) is 42.4. The minimum Gasteiger partial charge on any atom is -0.386 e. The summed E-state index contributed by atoms with van der Waals surface area (Å²) in [5, 5.41) is 23.8. The minimum atomic E-state index is -5.89. The average Bonchev–Trinajstić information content (AvgIpc) is 2.80. The number of amidine groups is 1. The predicted octanol–water partition coefficient (Wildman–Crippen LogP) is -0.756. The molecule has 1 fully saturated rings. The zero-order valence-corrected chi connectivity index (χ0v) is 18.9. The highest BCUT2D eigenvalue weighted by Gasteiger charge is 2.65. The number of phosphoric acid groups is 3. The van der Waals surface area contributed by atoms with Crippen molar-refractivity contribution < 1.29 is 65.8 Å². The largest absolute Gasteiger partial charge is 0.490 e. The summed E-state index contributed by atoms with van der Waals surface area (Å²) in [7, 11) is -17.3. The maximum Gasteiger partial charge on any atom is 0.490 e. The highest BCUT2D eigenvalue weighted by atomic mass is 31.3. The van der Waals surface area contributed by atoms with Crippen LogP contribution < -0.4 is 5.73 Å². The van der Waals surface area contributed by atoms with Crippen LogP contribution in [0.4, 0.5) is 4.39 Å². The smallest absolute Gasteiger partial charge is 0.386 e. The molecule has 0 saturated carbocycles. The summed E-state index contributed by atoms with van der Waals surface area (Å²) in [6.45, 7) is -0.722. The summed E-state index contributed by atoms with van der Waals surface area (Å²) in [6, 6.07) is 0. The summed E-state index contributed by atoms with van der Waals surface area (Å²) in [6.07, 6.45) is -3.84. The minimum absolute atomic E-state index is 0.137. The Balaban J connectivity index is 2.25. The number of phosphoric ester groups is 1. The van der Waals surface area contributed by atoms with E-state index in [1.165, 1.54) is 0 Å². The van der Waals surface area contributed by atoms with Crippen molar-refractivity contribution in [2.75, 3.05) is 6.61 Å². The highest BCUT2D eigenvalue weighted by molar-refractivity contribution is 7.66. The van der Waals surface area contributed by atoms with Gasteiger partial charge in [0.1, 0.15) is 24.1 Å². The van der Waals surface area contributed by atoms with Gasteiger partial charge < -0.3 is 45.2 Å². The molecule has 0 spiro atoms. The number of halogens is 1. The lowest BCUT2D eigenvalue weighted by molar-refractivity contribution is -0.221. The van der Waals surface area contributed by atoms with Gasteiger partial charge >= 0.3 is 23.5 Å². The van der Waals surface area contributed by atoms with Crippen LogP contribution in [0.15, 0.2) is 22.4 Å². The number of aliphatic hydroxyl groups excluding tert-OH is 2.